The van der Waals surface area contributed by atoms with E-state index in [2.05, 4.69) is 27.0 Å². The smallest absolute Gasteiger partial charge is 0.221 e. The van der Waals surface area contributed by atoms with Gasteiger partial charge in [0, 0.05) is 12.6 Å². The van der Waals surface area contributed by atoms with Crippen LogP contribution in [0.1, 0.15) is 32.6 Å². The Hall–Kier alpha value is -1.06. The first-order valence-electron chi connectivity index (χ1n) is 5.04. The summed E-state index contributed by atoms with van der Waals surface area (Å²) < 4.78 is 0. The van der Waals surface area contributed by atoms with E-state index in [4.69, 9.17) is 0 Å². The van der Waals surface area contributed by atoms with Gasteiger partial charge in [0.25, 0.3) is 0 Å². The van der Waals surface area contributed by atoms with Gasteiger partial charge in [-0.2, -0.15) is 10.1 Å². The Kier molecular flexibility index (Phi) is 2.47. The first-order chi connectivity index (χ1) is 6.42. The summed E-state index contributed by atoms with van der Waals surface area (Å²) in [6.45, 7) is 3.36. The highest BCUT2D eigenvalue weighted by atomic mass is 15.4. The lowest BCUT2D eigenvalue weighted by Gasteiger charge is -2.22. The first kappa shape index (κ1) is 8.53. The van der Waals surface area contributed by atoms with Crippen molar-refractivity contribution in [2.75, 3.05) is 11.4 Å². The molecule has 0 radical (unpaired) electrons. The summed E-state index contributed by atoms with van der Waals surface area (Å²) in [5, 5.41) is 6.82. The molecule has 1 aliphatic rings. The van der Waals surface area contributed by atoms with Crippen molar-refractivity contribution in [1.82, 2.24) is 15.2 Å². The molecule has 1 saturated heterocycles. The van der Waals surface area contributed by atoms with Crippen LogP contribution in [0.3, 0.4) is 0 Å². The number of aromatic nitrogens is 3. The number of hydrogen-bond acceptors (Lipinski definition) is 3. The number of aromatic amines is 1. The molecule has 0 bridgehead atoms. The fourth-order valence-electron chi connectivity index (χ4n) is 2.09. The van der Waals surface area contributed by atoms with Crippen LogP contribution in [0, 0.1) is 0 Å². The second-order valence-corrected chi connectivity index (χ2v) is 3.59. The molecule has 1 aromatic rings. The zero-order valence-electron chi connectivity index (χ0n) is 8.03. The van der Waals surface area contributed by atoms with E-state index in [0.29, 0.717) is 6.04 Å². The predicted molar refractivity (Wildman–Crippen MR) is 51.7 cm³/mol. The molecule has 1 N–H and O–H groups in total. The second-order valence-electron chi connectivity index (χ2n) is 3.59. The summed E-state index contributed by atoms with van der Waals surface area (Å²) in [6, 6.07) is 0.679. The number of rotatable bonds is 3. The van der Waals surface area contributed by atoms with Crippen LogP contribution >= 0.6 is 0 Å². The Morgan fingerprint density at radius 3 is 3.31 bits per heavy atom. The number of H-pyrrole nitrogens is 1. The molecule has 1 aromatic heterocycles. The normalized spacial score (nSPS) is 22.5. The first-order valence-corrected chi connectivity index (χ1v) is 5.04. The highest BCUT2D eigenvalue weighted by Gasteiger charge is 2.25. The van der Waals surface area contributed by atoms with E-state index in [1.807, 2.05) is 0 Å². The molecule has 4 heteroatoms. The van der Waals surface area contributed by atoms with E-state index >= 15 is 0 Å². The van der Waals surface area contributed by atoms with Gasteiger partial charge < -0.3 is 4.90 Å². The van der Waals surface area contributed by atoms with Gasteiger partial charge in [0.15, 0.2) is 0 Å². The zero-order valence-corrected chi connectivity index (χ0v) is 8.03. The van der Waals surface area contributed by atoms with Gasteiger partial charge in [-0.05, 0) is 19.3 Å². The van der Waals surface area contributed by atoms with Gasteiger partial charge >= 0.3 is 0 Å². The molecule has 0 aromatic carbocycles. The molecular weight excluding hydrogens is 164 g/mol. The van der Waals surface area contributed by atoms with Crippen molar-refractivity contribution in [2.45, 2.75) is 38.6 Å². The lowest BCUT2D eigenvalue weighted by Crippen LogP contribution is -2.29. The van der Waals surface area contributed by atoms with E-state index in [-0.39, 0.29) is 0 Å². The monoisotopic (exact) mass is 180 g/mol. The molecule has 72 valence electrons. The molecule has 0 amide bonds. The summed E-state index contributed by atoms with van der Waals surface area (Å²) in [4.78, 5) is 6.53. The average Bonchev–Trinajstić information content (AvgIpc) is 2.71. The number of anilines is 1. The summed E-state index contributed by atoms with van der Waals surface area (Å²) in [6.07, 6.45) is 6.67. The van der Waals surface area contributed by atoms with Gasteiger partial charge in [-0.25, -0.2) is 5.10 Å². The molecule has 0 saturated carbocycles. The van der Waals surface area contributed by atoms with Crippen molar-refractivity contribution >= 4 is 5.95 Å². The van der Waals surface area contributed by atoms with Crippen LogP contribution in [0.5, 0.6) is 0 Å². The minimum atomic E-state index is 0.679. The van der Waals surface area contributed by atoms with Gasteiger partial charge in [0.05, 0.1) is 0 Å². The molecule has 1 aliphatic heterocycles. The summed E-state index contributed by atoms with van der Waals surface area (Å²) in [5.41, 5.74) is 0. The van der Waals surface area contributed by atoms with Crippen LogP contribution < -0.4 is 4.90 Å². The maximum absolute atomic E-state index is 4.19. The van der Waals surface area contributed by atoms with E-state index in [0.717, 1.165) is 12.5 Å². The Bertz CT molecular complexity index is 244. The minimum Gasteiger partial charge on any atom is -0.338 e. The summed E-state index contributed by atoms with van der Waals surface area (Å²) in [5.74, 6) is 0.941. The van der Waals surface area contributed by atoms with E-state index < -0.39 is 0 Å². The fraction of sp³-hybridized carbons (Fsp3) is 0.778. The van der Waals surface area contributed by atoms with Gasteiger partial charge in [-0.3, -0.25) is 0 Å². The Balaban J connectivity index is 2.05. The molecule has 0 spiro atoms. The van der Waals surface area contributed by atoms with Crippen LogP contribution in [-0.4, -0.2) is 27.8 Å². The average molecular weight is 180 g/mol. The largest absolute Gasteiger partial charge is 0.338 e. The van der Waals surface area contributed by atoms with Crippen LogP contribution in [-0.2, 0) is 0 Å². The maximum atomic E-state index is 4.19. The van der Waals surface area contributed by atoms with Crippen LogP contribution in [0.2, 0.25) is 0 Å². The van der Waals surface area contributed by atoms with Crippen molar-refractivity contribution in [3.05, 3.63) is 6.33 Å². The Labute approximate surface area is 78.4 Å². The standard InChI is InChI=1S/C9H16N4/c1-2-4-8-5-3-6-13(8)9-10-7-11-12-9/h7-8H,2-6H2,1H3,(H,10,11,12). The lowest BCUT2D eigenvalue weighted by molar-refractivity contribution is 0.593. The molecule has 4 nitrogen and oxygen atoms in total. The van der Waals surface area contributed by atoms with Gasteiger partial charge in [-0.1, -0.05) is 13.3 Å². The third-order valence-corrected chi connectivity index (χ3v) is 2.67. The van der Waals surface area contributed by atoms with Crippen molar-refractivity contribution in [1.29, 1.82) is 0 Å². The third kappa shape index (κ3) is 1.66. The molecule has 1 unspecified atom stereocenters. The summed E-state index contributed by atoms with van der Waals surface area (Å²) in [7, 11) is 0. The highest BCUT2D eigenvalue weighted by Crippen LogP contribution is 2.24. The van der Waals surface area contributed by atoms with Crippen molar-refractivity contribution in [2.24, 2.45) is 0 Å². The molecule has 0 aliphatic carbocycles. The topological polar surface area (TPSA) is 44.8 Å². The SMILES string of the molecule is CCCC1CCCN1c1ncn[nH]1. The molecule has 2 rings (SSSR count). The molecule has 13 heavy (non-hydrogen) atoms. The molecular formula is C9H16N4. The fourth-order valence-corrected chi connectivity index (χ4v) is 2.09. The highest BCUT2D eigenvalue weighted by molar-refractivity contribution is 5.31. The summed E-state index contributed by atoms with van der Waals surface area (Å²) >= 11 is 0. The van der Waals surface area contributed by atoms with Crippen LogP contribution in [0.25, 0.3) is 0 Å². The van der Waals surface area contributed by atoms with Crippen LogP contribution in [0.15, 0.2) is 6.33 Å². The number of hydrogen-bond donors (Lipinski definition) is 1. The van der Waals surface area contributed by atoms with Gasteiger partial charge in [0.2, 0.25) is 5.95 Å². The quantitative estimate of drug-likeness (QED) is 0.768. The van der Waals surface area contributed by atoms with Gasteiger partial charge in [0.1, 0.15) is 6.33 Å². The molecule has 1 atom stereocenters. The van der Waals surface area contributed by atoms with E-state index in [9.17, 15) is 0 Å². The lowest BCUT2D eigenvalue weighted by atomic mass is 10.1. The van der Waals surface area contributed by atoms with Crippen LogP contribution in [0.4, 0.5) is 5.95 Å². The van der Waals surface area contributed by atoms with Crippen molar-refractivity contribution < 1.29 is 0 Å². The van der Waals surface area contributed by atoms with Gasteiger partial charge in [-0.15, -0.1) is 0 Å². The minimum absolute atomic E-state index is 0.679. The third-order valence-electron chi connectivity index (χ3n) is 2.67. The number of nitrogens with zero attached hydrogens (tertiary/aromatic N) is 3. The van der Waals surface area contributed by atoms with Crippen molar-refractivity contribution in [3.63, 3.8) is 0 Å². The maximum Gasteiger partial charge on any atom is 0.221 e. The molecule has 1 fully saturated rings. The zero-order chi connectivity index (χ0) is 9.10. The Morgan fingerprint density at radius 2 is 2.62 bits per heavy atom. The predicted octanol–water partition coefficient (Wildman–Crippen LogP) is 1.57. The van der Waals surface area contributed by atoms with E-state index in [1.165, 1.54) is 25.7 Å². The Morgan fingerprint density at radius 1 is 1.69 bits per heavy atom. The van der Waals surface area contributed by atoms with E-state index in [1.54, 1.807) is 6.33 Å². The molecule has 2 heterocycles. The second kappa shape index (κ2) is 3.77. The van der Waals surface area contributed by atoms with Crippen molar-refractivity contribution in [3.8, 4) is 0 Å². The number of nitrogens with one attached hydrogen (secondary N) is 1.